The Bertz CT molecular complexity index is 1160. The molecule has 3 aromatic rings. The normalized spacial score (nSPS) is 19.2. The number of nitrogens with zero attached hydrogens (tertiary/aromatic N) is 5. The quantitative estimate of drug-likeness (QED) is 0.595. The van der Waals surface area contributed by atoms with Gasteiger partial charge in [-0.3, -0.25) is 9.59 Å². The van der Waals surface area contributed by atoms with Gasteiger partial charge in [0.2, 0.25) is 5.91 Å². The summed E-state index contributed by atoms with van der Waals surface area (Å²) in [5, 5.41) is 3.12. The molecule has 7 nitrogen and oxygen atoms in total. The van der Waals surface area contributed by atoms with E-state index < -0.39 is 0 Å². The number of benzene rings is 1. The van der Waals surface area contributed by atoms with Gasteiger partial charge in [0, 0.05) is 44.8 Å². The maximum Gasteiger partial charge on any atom is 0.253 e. The molecule has 0 N–H and O–H groups in total. The first-order valence-electron chi connectivity index (χ1n) is 11.6. The number of carbonyl (C=O) groups excluding carboxylic acids is 2. The van der Waals surface area contributed by atoms with Gasteiger partial charge < -0.3 is 14.7 Å². The summed E-state index contributed by atoms with van der Waals surface area (Å²) in [4.78, 5) is 42.4. The molecule has 1 unspecified atom stereocenters. The van der Waals surface area contributed by atoms with Crippen molar-refractivity contribution in [2.24, 2.45) is 5.92 Å². The number of hydrogen-bond acceptors (Lipinski definition) is 6. The molecule has 8 heteroatoms. The zero-order valence-electron chi connectivity index (χ0n) is 19.2. The van der Waals surface area contributed by atoms with E-state index in [0.29, 0.717) is 26.2 Å². The second kappa shape index (κ2) is 9.09. The minimum atomic E-state index is -0.122. The van der Waals surface area contributed by atoms with Gasteiger partial charge in [-0.25, -0.2) is 9.97 Å². The smallest absolute Gasteiger partial charge is 0.253 e. The van der Waals surface area contributed by atoms with Crippen LogP contribution in [-0.2, 0) is 4.79 Å². The van der Waals surface area contributed by atoms with Gasteiger partial charge in [0.05, 0.1) is 11.3 Å². The van der Waals surface area contributed by atoms with E-state index in [4.69, 9.17) is 0 Å². The minimum absolute atomic E-state index is 0.0349. The van der Waals surface area contributed by atoms with Crippen LogP contribution in [0.15, 0.2) is 36.0 Å². The summed E-state index contributed by atoms with van der Waals surface area (Å²) in [5.74, 6) is 1.04. The lowest BCUT2D eigenvalue weighted by Gasteiger charge is -2.39. The molecular weight excluding hydrogens is 434 g/mol. The Balaban J connectivity index is 1.22. The van der Waals surface area contributed by atoms with Crippen molar-refractivity contribution in [2.45, 2.75) is 26.7 Å². The van der Waals surface area contributed by atoms with Crippen LogP contribution in [-0.4, -0.2) is 70.9 Å². The van der Waals surface area contributed by atoms with Crippen molar-refractivity contribution in [2.75, 3.05) is 44.2 Å². The summed E-state index contributed by atoms with van der Waals surface area (Å²) in [5.41, 5.74) is 2.90. The Labute approximate surface area is 198 Å². The van der Waals surface area contributed by atoms with Crippen molar-refractivity contribution < 1.29 is 9.59 Å². The Morgan fingerprint density at radius 2 is 1.73 bits per heavy atom. The van der Waals surface area contributed by atoms with Crippen LogP contribution in [0.2, 0.25) is 0 Å². The number of aromatic nitrogens is 2. The molecule has 1 aromatic carbocycles. The fourth-order valence-corrected chi connectivity index (χ4v) is 5.80. The van der Waals surface area contributed by atoms with E-state index in [1.165, 1.54) is 0 Å². The molecule has 0 spiro atoms. The summed E-state index contributed by atoms with van der Waals surface area (Å²) >= 11 is 1.62. The lowest BCUT2D eigenvalue weighted by molar-refractivity contribution is -0.137. The van der Waals surface area contributed by atoms with E-state index in [1.54, 1.807) is 17.7 Å². The SMILES string of the molecule is Cc1cc(C)cc(C(=O)N2CCCC(C(=O)N3CCN(c4ncnc5sccc45)CC3)C2)c1. The molecule has 2 amide bonds. The summed E-state index contributed by atoms with van der Waals surface area (Å²) in [6, 6.07) is 8.02. The summed E-state index contributed by atoms with van der Waals surface area (Å²) < 4.78 is 0. The molecule has 2 fully saturated rings. The third-order valence-corrected chi connectivity index (χ3v) is 7.48. The summed E-state index contributed by atoms with van der Waals surface area (Å²) in [7, 11) is 0. The Kier molecular flexibility index (Phi) is 6.01. The Hall–Kier alpha value is -3.00. The Morgan fingerprint density at radius 3 is 2.48 bits per heavy atom. The first kappa shape index (κ1) is 21.8. The maximum atomic E-state index is 13.3. The summed E-state index contributed by atoms with van der Waals surface area (Å²) in [6.07, 6.45) is 3.33. The largest absolute Gasteiger partial charge is 0.352 e. The molecule has 33 heavy (non-hydrogen) atoms. The lowest BCUT2D eigenvalue weighted by atomic mass is 9.95. The number of rotatable bonds is 3. The van der Waals surface area contributed by atoms with Gasteiger partial charge in [0.25, 0.3) is 5.91 Å². The van der Waals surface area contributed by atoms with Crippen LogP contribution in [0.5, 0.6) is 0 Å². The number of amides is 2. The van der Waals surface area contributed by atoms with E-state index >= 15 is 0 Å². The zero-order chi connectivity index (χ0) is 22.9. The van der Waals surface area contributed by atoms with Crippen molar-refractivity contribution in [1.82, 2.24) is 19.8 Å². The van der Waals surface area contributed by atoms with Crippen LogP contribution in [0.25, 0.3) is 10.2 Å². The van der Waals surface area contributed by atoms with Gasteiger partial charge in [0.15, 0.2) is 0 Å². The highest BCUT2D eigenvalue weighted by Crippen LogP contribution is 2.28. The lowest BCUT2D eigenvalue weighted by Crippen LogP contribution is -2.53. The van der Waals surface area contributed by atoms with Crippen molar-refractivity contribution in [3.05, 3.63) is 52.7 Å². The van der Waals surface area contributed by atoms with Crippen LogP contribution in [0.1, 0.15) is 34.3 Å². The van der Waals surface area contributed by atoms with E-state index in [1.807, 2.05) is 41.2 Å². The minimum Gasteiger partial charge on any atom is -0.352 e. The third-order valence-electron chi connectivity index (χ3n) is 6.66. The molecule has 2 saturated heterocycles. The van der Waals surface area contributed by atoms with E-state index in [0.717, 1.165) is 58.7 Å². The number of piperazine rings is 1. The van der Waals surface area contributed by atoms with Gasteiger partial charge in [0.1, 0.15) is 17.0 Å². The number of thiophene rings is 1. The summed E-state index contributed by atoms with van der Waals surface area (Å²) in [6.45, 7) is 8.11. The highest BCUT2D eigenvalue weighted by molar-refractivity contribution is 7.16. The molecule has 0 radical (unpaired) electrons. The number of likely N-dealkylation sites (tertiary alicyclic amines) is 1. The van der Waals surface area contributed by atoms with Crippen LogP contribution >= 0.6 is 11.3 Å². The number of piperidine rings is 1. The highest BCUT2D eigenvalue weighted by atomic mass is 32.1. The van der Waals surface area contributed by atoms with E-state index in [9.17, 15) is 9.59 Å². The molecule has 1 atom stereocenters. The van der Waals surface area contributed by atoms with Gasteiger partial charge in [-0.2, -0.15) is 0 Å². The Morgan fingerprint density at radius 1 is 0.970 bits per heavy atom. The van der Waals surface area contributed by atoms with Crippen LogP contribution < -0.4 is 4.90 Å². The molecule has 2 aliphatic rings. The topological polar surface area (TPSA) is 69.6 Å². The number of fused-ring (bicyclic) bond motifs is 1. The molecule has 5 rings (SSSR count). The average molecular weight is 464 g/mol. The molecule has 4 heterocycles. The molecule has 2 aliphatic heterocycles. The van der Waals surface area contributed by atoms with Crippen molar-refractivity contribution in [3.63, 3.8) is 0 Å². The monoisotopic (exact) mass is 463 g/mol. The highest BCUT2D eigenvalue weighted by Gasteiger charge is 2.33. The number of hydrogen-bond donors (Lipinski definition) is 0. The van der Waals surface area contributed by atoms with Gasteiger partial charge in [-0.05, 0) is 50.3 Å². The molecule has 2 aromatic heterocycles. The molecule has 0 aliphatic carbocycles. The third kappa shape index (κ3) is 4.44. The maximum absolute atomic E-state index is 13.3. The van der Waals surface area contributed by atoms with Crippen molar-refractivity contribution >= 4 is 39.2 Å². The molecule has 172 valence electrons. The fourth-order valence-electron chi connectivity index (χ4n) is 5.07. The molecular formula is C25H29N5O2S. The first-order chi connectivity index (χ1) is 16.0. The zero-order valence-corrected chi connectivity index (χ0v) is 20.0. The van der Waals surface area contributed by atoms with Gasteiger partial charge in [-0.15, -0.1) is 11.3 Å². The molecule has 0 bridgehead atoms. The fraction of sp³-hybridized carbons (Fsp3) is 0.440. The molecule has 0 saturated carbocycles. The van der Waals surface area contributed by atoms with Crippen LogP contribution in [0.4, 0.5) is 5.82 Å². The second-order valence-electron chi connectivity index (χ2n) is 9.12. The van der Waals surface area contributed by atoms with Crippen molar-refractivity contribution in [3.8, 4) is 0 Å². The number of aryl methyl sites for hydroxylation is 2. The number of carbonyl (C=O) groups is 2. The second-order valence-corrected chi connectivity index (χ2v) is 10.0. The average Bonchev–Trinajstić information content (AvgIpc) is 3.32. The van der Waals surface area contributed by atoms with Gasteiger partial charge in [-0.1, -0.05) is 17.2 Å². The predicted molar refractivity (Wildman–Crippen MR) is 131 cm³/mol. The van der Waals surface area contributed by atoms with Crippen LogP contribution in [0.3, 0.4) is 0 Å². The van der Waals surface area contributed by atoms with Crippen molar-refractivity contribution in [1.29, 1.82) is 0 Å². The predicted octanol–water partition coefficient (Wildman–Crippen LogP) is 3.51. The first-order valence-corrected chi connectivity index (χ1v) is 12.5. The number of anilines is 1. The van der Waals surface area contributed by atoms with E-state index in [-0.39, 0.29) is 17.7 Å². The van der Waals surface area contributed by atoms with E-state index in [2.05, 4.69) is 27.0 Å². The standard InChI is InChI=1S/C25H29N5O2S/c1-17-12-18(2)14-20(13-17)25(32)30-6-3-4-19(15-30)24(31)29-9-7-28(8-10-29)22-21-5-11-33-23(21)27-16-26-22/h5,11-14,16,19H,3-4,6-10,15H2,1-2H3. The van der Waals surface area contributed by atoms with Crippen LogP contribution in [0, 0.1) is 19.8 Å². The van der Waals surface area contributed by atoms with Gasteiger partial charge >= 0.3 is 0 Å².